The van der Waals surface area contributed by atoms with E-state index < -0.39 is 11.7 Å². The van der Waals surface area contributed by atoms with E-state index in [4.69, 9.17) is 0 Å². The summed E-state index contributed by atoms with van der Waals surface area (Å²) in [6, 6.07) is 5.12. The van der Waals surface area contributed by atoms with Crippen molar-refractivity contribution in [3.8, 4) is 0 Å². The summed E-state index contributed by atoms with van der Waals surface area (Å²) < 4.78 is 38.5. The second kappa shape index (κ2) is 8.67. The molecular weight excluding hydrogens is 373 g/mol. The van der Waals surface area contributed by atoms with Crippen LogP contribution >= 0.6 is 11.8 Å². The van der Waals surface area contributed by atoms with Crippen molar-refractivity contribution in [2.45, 2.75) is 63.3 Å². The zero-order valence-corrected chi connectivity index (χ0v) is 16.3. The lowest BCUT2D eigenvalue weighted by molar-refractivity contribution is -0.137. The fourth-order valence-electron chi connectivity index (χ4n) is 3.73. The molecule has 2 unspecified atom stereocenters. The second-order valence-corrected chi connectivity index (χ2v) is 8.39. The number of fused-ring (bicyclic) bond motifs is 1. The first-order chi connectivity index (χ1) is 12.9. The quantitative estimate of drug-likeness (QED) is 0.636. The molecule has 1 aliphatic heterocycles. The van der Waals surface area contributed by atoms with E-state index in [1.54, 1.807) is 11.8 Å². The molecule has 2 atom stereocenters. The minimum absolute atomic E-state index is 0.0184. The molecule has 0 radical (unpaired) electrons. The molecule has 0 saturated heterocycles. The Kier molecular flexibility index (Phi) is 6.50. The molecule has 0 spiro atoms. The number of amidine groups is 1. The predicted molar refractivity (Wildman–Crippen MR) is 104 cm³/mol. The summed E-state index contributed by atoms with van der Waals surface area (Å²) in [4.78, 5) is 18.9. The van der Waals surface area contributed by atoms with Gasteiger partial charge >= 0.3 is 6.18 Å². The fourth-order valence-corrected chi connectivity index (χ4v) is 5.16. The third kappa shape index (κ3) is 4.86. The molecule has 3 rings (SSSR count). The number of carbonyl (C=O) groups is 1. The summed E-state index contributed by atoms with van der Waals surface area (Å²) in [5.74, 6) is -0.0844. The number of aliphatic imine (C=N–C) groups is 1. The molecule has 0 N–H and O–H groups in total. The number of anilines is 1. The molecule has 1 fully saturated rings. The van der Waals surface area contributed by atoms with E-state index >= 15 is 0 Å². The predicted octanol–water partition coefficient (Wildman–Crippen LogP) is 5.89. The van der Waals surface area contributed by atoms with Crippen molar-refractivity contribution >= 4 is 28.5 Å². The Balaban J connectivity index is 1.85. The Morgan fingerprint density at radius 2 is 1.78 bits per heavy atom. The molecule has 27 heavy (non-hydrogen) atoms. The van der Waals surface area contributed by atoms with Crippen LogP contribution in [0.15, 0.2) is 29.3 Å². The molecule has 1 saturated carbocycles. The zero-order valence-electron chi connectivity index (χ0n) is 15.5. The Morgan fingerprint density at radius 3 is 2.41 bits per heavy atom. The van der Waals surface area contributed by atoms with Crippen molar-refractivity contribution in [2.24, 2.45) is 10.9 Å². The monoisotopic (exact) mass is 398 g/mol. The van der Waals surface area contributed by atoms with Crippen LogP contribution in [0.1, 0.15) is 57.4 Å². The smallest absolute Gasteiger partial charge is 0.321 e. The largest absolute Gasteiger partial charge is 0.416 e. The van der Waals surface area contributed by atoms with Gasteiger partial charge in [-0.05, 0) is 43.5 Å². The van der Waals surface area contributed by atoms with Gasteiger partial charge in [0.25, 0.3) is 5.91 Å². The number of thioether (sulfide) groups is 1. The molecule has 2 aliphatic rings. The van der Waals surface area contributed by atoms with Crippen LogP contribution < -0.4 is 4.90 Å². The molecule has 7 heteroatoms. The minimum Gasteiger partial charge on any atom is -0.321 e. The van der Waals surface area contributed by atoms with Crippen LogP contribution in [-0.4, -0.2) is 22.9 Å². The van der Waals surface area contributed by atoms with E-state index in [1.165, 1.54) is 25.0 Å². The Labute approximate surface area is 162 Å². The van der Waals surface area contributed by atoms with Crippen molar-refractivity contribution in [2.75, 3.05) is 11.4 Å². The summed E-state index contributed by atoms with van der Waals surface area (Å²) in [6.45, 7) is 2.62. The topological polar surface area (TPSA) is 32.7 Å². The maximum atomic E-state index is 12.8. The van der Waals surface area contributed by atoms with Gasteiger partial charge in [-0.1, -0.05) is 44.4 Å². The number of halogens is 3. The van der Waals surface area contributed by atoms with Gasteiger partial charge in [-0.15, -0.1) is 0 Å². The van der Waals surface area contributed by atoms with Crippen LogP contribution in [0.2, 0.25) is 0 Å². The first kappa shape index (κ1) is 20.2. The number of alkyl halides is 3. The van der Waals surface area contributed by atoms with Crippen LogP contribution in [-0.2, 0) is 11.0 Å². The van der Waals surface area contributed by atoms with E-state index in [0.29, 0.717) is 17.4 Å². The normalized spacial score (nSPS) is 23.9. The standard InChI is InChI=1S/C20H25F3N2OS/c1-2-13-25(15-11-9-14(10-12-15)20(21,22)23)19-24-18(26)16-7-5-3-4-6-8-17(16)27-19/h9-12,16-17H,2-8,13H2,1H3. The van der Waals surface area contributed by atoms with Gasteiger partial charge in [0.1, 0.15) is 0 Å². The van der Waals surface area contributed by atoms with Gasteiger partial charge in [-0.2, -0.15) is 18.2 Å². The highest BCUT2D eigenvalue weighted by Gasteiger charge is 2.36. The molecular formula is C20H25F3N2OS. The highest BCUT2D eigenvalue weighted by atomic mass is 32.2. The molecule has 1 aliphatic carbocycles. The van der Waals surface area contributed by atoms with E-state index in [1.807, 2.05) is 11.8 Å². The lowest BCUT2D eigenvalue weighted by atomic mass is 9.90. The van der Waals surface area contributed by atoms with Gasteiger partial charge < -0.3 is 4.90 Å². The molecule has 3 nitrogen and oxygen atoms in total. The first-order valence-electron chi connectivity index (χ1n) is 9.64. The van der Waals surface area contributed by atoms with Crippen LogP contribution in [0.4, 0.5) is 18.9 Å². The number of amides is 1. The third-order valence-corrected chi connectivity index (χ3v) is 6.56. The molecule has 0 aromatic heterocycles. The van der Waals surface area contributed by atoms with Gasteiger partial charge in [0, 0.05) is 17.5 Å². The zero-order chi connectivity index (χ0) is 19.4. The number of rotatable bonds is 3. The Morgan fingerprint density at radius 1 is 1.11 bits per heavy atom. The molecule has 1 aromatic rings. The van der Waals surface area contributed by atoms with Gasteiger partial charge in [0.15, 0.2) is 5.17 Å². The van der Waals surface area contributed by atoms with Crippen LogP contribution in [0.5, 0.6) is 0 Å². The van der Waals surface area contributed by atoms with Crippen LogP contribution in [0.25, 0.3) is 0 Å². The number of nitrogens with zero attached hydrogens (tertiary/aromatic N) is 2. The number of hydrogen-bond acceptors (Lipinski definition) is 3. The Hall–Kier alpha value is -1.50. The molecule has 1 heterocycles. The van der Waals surface area contributed by atoms with Crippen molar-refractivity contribution in [3.63, 3.8) is 0 Å². The summed E-state index contributed by atoms with van der Waals surface area (Å²) in [7, 11) is 0. The average Bonchev–Trinajstić information content (AvgIpc) is 2.60. The molecule has 148 valence electrons. The number of hydrogen-bond donors (Lipinski definition) is 0. The maximum absolute atomic E-state index is 12.8. The van der Waals surface area contributed by atoms with Crippen molar-refractivity contribution in [1.82, 2.24) is 0 Å². The van der Waals surface area contributed by atoms with Gasteiger partial charge in [0.2, 0.25) is 0 Å². The maximum Gasteiger partial charge on any atom is 0.416 e. The fraction of sp³-hybridized carbons (Fsp3) is 0.600. The highest BCUT2D eigenvalue weighted by molar-refractivity contribution is 8.14. The van der Waals surface area contributed by atoms with E-state index in [-0.39, 0.29) is 17.1 Å². The minimum atomic E-state index is -4.35. The van der Waals surface area contributed by atoms with Crippen molar-refractivity contribution < 1.29 is 18.0 Å². The Bertz CT molecular complexity index is 687. The van der Waals surface area contributed by atoms with Crippen molar-refractivity contribution in [3.05, 3.63) is 29.8 Å². The lowest BCUT2D eigenvalue weighted by Crippen LogP contribution is -2.39. The number of benzene rings is 1. The average molecular weight is 398 g/mol. The molecule has 1 aromatic carbocycles. The van der Waals surface area contributed by atoms with Gasteiger partial charge in [-0.25, -0.2) is 0 Å². The summed E-state index contributed by atoms with van der Waals surface area (Å²) >= 11 is 1.63. The molecule has 0 bridgehead atoms. The molecule has 1 amide bonds. The number of carbonyl (C=O) groups excluding carboxylic acids is 1. The second-order valence-electron chi connectivity index (χ2n) is 7.18. The van der Waals surface area contributed by atoms with E-state index in [0.717, 1.165) is 44.2 Å². The lowest BCUT2D eigenvalue weighted by Gasteiger charge is -2.34. The van der Waals surface area contributed by atoms with Gasteiger partial charge in [0.05, 0.1) is 11.5 Å². The van der Waals surface area contributed by atoms with Crippen LogP contribution in [0.3, 0.4) is 0 Å². The van der Waals surface area contributed by atoms with Crippen LogP contribution in [0, 0.1) is 5.92 Å². The van der Waals surface area contributed by atoms with Gasteiger partial charge in [-0.3, -0.25) is 4.79 Å². The van der Waals surface area contributed by atoms with E-state index in [9.17, 15) is 18.0 Å². The summed E-state index contributed by atoms with van der Waals surface area (Å²) in [5, 5.41) is 0.850. The SMILES string of the molecule is CCCN(C1=NC(=O)C2CCCCCCC2S1)c1ccc(C(F)(F)F)cc1. The van der Waals surface area contributed by atoms with Crippen molar-refractivity contribution in [1.29, 1.82) is 0 Å². The highest BCUT2D eigenvalue weighted by Crippen LogP contribution is 2.38. The summed E-state index contributed by atoms with van der Waals surface area (Å²) in [5.41, 5.74) is -0.0229. The first-order valence-corrected chi connectivity index (χ1v) is 10.5. The third-order valence-electron chi connectivity index (χ3n) is 5.17. The van der Waals surface area contributed by atoms with E-state index in [2.05, 4.69) is 4.99 Å². The summed E-state index contributed by atoms with van der Waals surface area (Å²) in [6.07, 6.45) is 2.89.